The summed E-state index contributed by atoms with van der Waals surface area (Å²) in [5.74, 6) is -0.475. The van der Waals surface area contributed by atoms with Crippen molar-refractivity contribution in [1.82, 2.24) is 0 Å². The molecule has 0 radical (unpaired) electrons. The molecule has 0 aliphatic carbocycles. The van der Waals surface area contributed by atoms with Crippen molar-refractivity contribution >= 4 is 37.8 Å². The average molecular weight is 229 g/mol. The van der Waals surface area contributed by atoms with Gasteiger partial charge in [-0.3, -0.25) is 4.79 Å². The molecule has 0 aromatic carbocycles. The van der Waals surface area contributed by atoms with Crippen molar-refractivity contribution in [3.63, 3.8) is 0 Å². The van der Waals surface area contributed by atoms with Crippen molar-refractivity contribution in [2.45, 2.75) is 0 Å². The SMILES string of the molecule is NC(=O)/C(Br)=C/Br. The number of hydrogen-bond donors (Lipinski definition) is 1. The standard InChI is InChI=1S/C3H3Br2NO/c4-1-2(5)3(6)7/h1H,(H2,6,7)/b2-1-. The molecule has 2 N–H and O–H groups in total. The zero-order valence-electron chi connectivity index (χ0n) is 3.32. The predicted octanol–water partition coefficient (Wildman–Crippen LogP) is 1.10. The number of nitrogens with two attached hydrogens (primary N) is 1. The van der Waals surface area contributed by atoms with E-state index in [4.69, 9.17) is 5.73 Å². The molecule has 0 aliphatic heterocycles. The fraction of sp³-hybridized carbons (Fsp3) is 0. The van der Waals surface area contributed by atoms with Gasteiger partial charge in [-0.2, -0.15) is 0 Å². The van der Waals surface area contributed by atoms with Gasteiger partial charge in [-0.15, -0.1) is 0 Å². The second-order valence-electron chi connectivity index (χ2n) is 0.821. The van der Waals surface area contributed by atoms with Crippen LogP contribution in [0.1, 0.15) is 0 Å². The number of carbonyl (C=O) groups excluding carboxylic acids is 1. The summed E-state index contributed by atoms with van der Waals surface area (Å²) in [5.41, 5.74) is 4.76. The highest BCUT2D eigenvalue weighted by Crippen LogP contribution is 2.04. The Bertz CT molecular complexity index is 110. The van der Waals surface area contributed by atoms with E-state index in [1.54, 1.807) is 0 Å². The van der Waals surface area contributed by atoms with E-state index in [0.717, 1.165) is 0 Å². The molecule has 40 valence electrons. The summed E-state index contributed by atoms with van der Waals surface area (Å²) < 4.78 is 0.340. The van der Waals surface area contributed by atoms with Crippen LogP contribution in [0.3, 0.4) is 0 Å². The minimum Gasteiger partial charge on any atom is -0.365 e. The van der Waals surface area contributed by atoms with Gasteiger partial charge in [0.25, 0.3) is 5.91 Å². The van der Waals surface area contributed by atoms with Gasteiger partial charge in [0.1, 0.15) is 0 Å². The van der Waals surface area contributed by atoms with E-state index in [1.165, 1.54) is 4.99 Å². The highest BCUT2D eigenvalue weighted by Gasteiger charge is 1.93. The van der Waals surface area contributed by atoms with Gasteiger partial charge >= 0.3 is 0 Å². The number of carbonyl (C=O) groups is 1. The lowest BCUT2D eigenvalue weighted by Gasteiger charge is -1.82. The van der Waals surface area contributed by atoms with Crippen LogP contribution in [0.2, 0.25) is 0 Å². The zero-order valence-corrected chi connectivity index (χ0v) is 6.49. The van der Waals surface area contributed by atoms with Gasteiger partial charge in [-0.05, 0) is 15.9 Å². The Balaban J connectivity index is 3.82. The second kappa shape index (κ2) is 3.21. The van der Waals surface area contributed by atoms with E-state index >= 15 is 0 Å². The number of halogens is 2. The molecule has 0 unspecified atom stereocenters. The van der Waals surface area contributed by atoms with Gasteiger partial charge in [-0.1, -0.05) is 15.9 Å². The Labute approximate surface area is 58.0 Å². The monoisotopic (exact) mass is 227 g/mol. The van der Waals surface area contributed by atoms with E-state index in [9.17, 15) is 4.79 Å². The summed E-state index contributed by atoms with van der Waals surface area (Å²) in [4.78, 5) is 11.4. The number of primary amides is 1. The van der Waals surface area contributed by atoms with Gasteiger partial charge < -0.3 is 5.73 Å². The van der Waals surface area contributed by atoms with Crippen LogP contribution >= 0.6 is 31.9 Å². The largest absolute Gasteiger partial charge is 0.365 e. The van der Waals surface area contributed by atoms with Crippen LogP contribution in [0.4, 0.5) is 0 Å². The van der Waals surface area contributed by atoms with Crippen molar-refractivity contribution < 1.29 is 4.79 Å². The lowest BCUT2D eigenvalue weighted by atomic mass is 10.6. The molecule has 0 aromatic heterocycles. The number of hydrogen-bond acceptors (Lipinski definition) is 1. The molecule has 0 fully saturated rings. The molecule has 0 atom stereocenters. The van der Waals surface area contributed by atoms with Crippen LogP contribution in [0.15, 0.2) is 9.47 Å². The van der Waals surface area contributed by atoms with Crippen LogP contribution in [0.25, 0.3) is 0 Å². The van der Waals surface area contributed by atoms with Crippen molar-refractivity contribution in [2.75, 3.05) is 0 Å². The molecule has 7 heavy (non-hydrogen) atoms. The second-order valence-corrected chi connectivity index (χ2v) is 2.13. The highest BCUT2D eigenvalue weighted by atomic mass is 79.9. The van der Waals surface area contributed by atoms with Crippen molar-refractivity contribution in [3.05, 3.63) is 9.47 Å². The van der Waals surface area contributed by atoms with Crippen LogP contribution in [0, 0.1) is 0 Å². The third kappa shape index (κ3) is 2.82. The van der Waals surface area contributed by atoms with E-state index in [2.05, 4.69) is 31.9 Å². The molecule has 0 aromatic rings. The zero-order chi connectivity index (χ0) is 5.86. The van der Waals surface area contributed by atoms with Crippen LogP contribution < -0.4 is 5.73 Å². The topological polar surface area (TPSA) is 43.1 Å². The van der Waals surface area contributed by atoms with Gasteiger partial charge in [0.05, 0.1) is 4.48 Å². The molecule has 2 nitrogen and oxygen atoms in total. The molecule has 1 amide bonds. The Morgan fingerprint density at radius 3 is 2.14 bits per heavy atom. The molecule has 0 rings (SSSR count). The number of amides is 1. The van der Waals surface area contributed by atoms with Crippen molar-refractivity contribution in [1.29, 1.82) is 0 Å². The van der Waals surface area contributed by atoms with Gasteiger partial charge in [0.15, 0.2) is 0 Å². The lowest BCUT2D eigenvalue weighted by Crippen LogP contribution is -2.08. The van der Waals surface area contributed by atoms with E-state index in [-0.39, 0.29) is 0 Å². The first kappa shape index (κ1) is 7.17. The average Bonchev–Trinajstić information content (AvgIpc) is 1.65. The van der Waals surface area contributed by atoms with E-state index < -0.39 is 5.91 Å². The number of rotatable bonds is 1. The molecular weight excluding hydrogens is 226 g/mol. The Morgan fingerprint density at radius 2 is 2.14 bits per heavy atom. The van der Waals surface area contributed by atoms with Gasteiger partial charge in [0.2, 0.25) is 0 Å². The molecule has 0 spiro atoms. The minimum absolute atomic E-state index is 0.340. The third-order valence-corrected chi connectivity index (χ3v) is 2.02. The normalized spacial score (nSPS) is 11.4. The Morgan fingerprint density at radius 1 is 1.71 bits per heavy atom. The quantitative estimate of drug-likeness (QED) is 0.672. The first-order valence-corrected chi connectivity index (χ1v) is 3.15. The fourth-order valence-corrected chi connectivity index (χ4v) is 0.279. The van der Waals surface area contributed by atoms with E-state index in [0.29, 0.717) is 4.48 Å². The van der Waals surface area contributed by atoms with Crippen LogP contribution in [-0.2, 0) is 4.79 Å². The maximum atomic E-state index is 10.0. The van der Waals surface area contributed by atoms with E-state index in [1.807, 2.05) is 0 Å². The Kier molecular flexibility index (Phi) is 3.29. The first-order chi connectivity index (χ1) is 3.18. The molecule has 4 heteroatoms. The first-order valence-electron chi connectivity index (χ1n) is 1.44. The van der Waals surface area contributed by atoms with Crippen molar-refractivity contribution in [3.8, 4) is 0 Å². The molecule has 0 saturated heterocycles. The van der Waals surface area contributed by atoms with Crippen LogP contribution in [-0.4, -0.2) is 5.91 Å². The molecule has 0 heterocycles. The summed E-state index contributed by atoms with van der Waals surface area (Å²) in [6.45, 7) is 0. The minimum atomic E-state index is -0.475. The summed E-state index contributed by atoms with van der Waals surface area (Å²) in [6.07, 6.45) is 0. The molecular formula is C3H3Br2NO. The molecule has 0 saturated carbocycles. The summed E-state index contributed by atoms with van der Waals surface area (Å²) in [5, 5.41) is 0. The van der Waals surface area contributed by atoms with Gasteiger partial charge in [0, 0.05) is 4.99 Å². The van der Waals surface area contributed by atoms with Crippen molar-refractivity contribution in [2.24, 2.45) is 5.73 Å². The predicted molar refractivity (Wildman–Crippen MR) is 35.1 cm³/mol. The van der Waals surface area contributed by atoms with Crippen LogP contribution in [0.5, 0.6) is 0 Å². The maximum Gasteiger partial charge on any atom is 0.256 e. The summed E-state index contributed by atoms with van der Waals surface area (Å²) in [6, 6.07) is 0. The molecule has 0 aliphatic rings. The molecule has 0 bridgehead atoms. The summed E-state index contributed by atoms with van der Waals surface area (Å²) in [7, 11) is 0. The highest BCUT2D eigenvalue weighted by molar-refractivity contribution is 9.14. The van der Waals surface area contributed by atoms with Gasteiger partial charge in [-0.25, -0.2) is 0 Å². The smallest absolute Gasteiger partial charge is 0.256 e. The summed E-state index contributed by atoms with van der Waals surface area (Å²) >= 11 is 5.79. The maximum absolute atomic E-state index is 10.0. The fourth-order valence-electron chi connectivity index (χ4n) is 0.0538. The Hall–Kier alpha value is 0.170. The third-order valence-electron chi connectivity index (χ3n) is 0.331. The lowest BCUT2D eigenvalue weighted by molar-refractivity contribution is -0.113.